The molecule has 1 heterocycles. The molecular weight excluding hydrogens is 252 g/mol. The number of halogens is 1. The van der Waals surface area contributed by atoms with Crippen LogP contribution in [0.25, 0.3) is 10.1 Å². The summed E-state index contributed by atoms with van der Waals surface area (Å²) in [5.74, 6) is 0.162. The molecule has 2 nitrogen and oxygen atoms in total. The predicted molar refractivity (Wildman–Crippen MR) is 56.6 cm³/mol. The highest BCUT2D eigenvalue weighted by atomic mass is 79.9. The van der Waals surface area contributed by atoms with Crippen molar-refractivity contribution in [2.45, 2.75) is 0 Å². The van der Waals surface area contributed by atoms with Gasteiger partial charge in [-0.05, 0) is 33.4 Å². The van der Waals surface area contributed by atoms with E-state index in [2.05, 4.69) is 15.9 Å². The minimum absolute atomic E-state index is 0.162. The van der Waals surface area contributed by atoms with Gasteiger partial charge in [0.05, 0.1) is 4.70 Å². The average molecular weight is 257 g/mol. The second-order valence-corrected chi connectivity index (χ2v) is 4.29. The molecule has 2 aromatic rings. The Bertz CT molecular complexity index is 476. The maximum absolute atomic E-state index is 10.6. The number of hydrogen-bond donors (Lipinski definition) is 1. The topological polar surface area (TPSA) is 37.3 Å². The number of benzene rings is 1. The Morgan fingerprint density at radius 2 is 2.31 bits per heavy atom. The molecule has 1 aromatic carbocycles. The van der Waals surface area contributed by atoms with Crippen LogP contribution < -0.4 is 0 Å². The Balaban J connectivity index is 2.93. The van der Waals surface area contributed by atoms with Gasteiger partial charge in [-0.2, -0.15) is 0 Å². The second-order valence-electron chi connectivity index (χ2n) is 2.58. The van der Waals surface area contributed by atoms with Crippen molar-refractivity contribution in [3.8, 4) is 5.75 Å². The highest BCUT2D eigenvalue weighted by molar-refractivity contribution is 9.10. The number of phenolic OH excluding ortho intramolecular Hbond substituents is 1. The van der Waals surface area contributed by atoms with Crippen LogP contribution in [-0.4, -0.2) is 11.4 Å². The molecule has 0 aliphatic heterocycles. The van der Waals surface area contributed by atoms with Gasteiger partial charge in [0, 0.05) is 15.4 Å². The van der Waals surface area contributed by atoms with Crippen molar-refractivity contribution >= 4 is 43.6 Å². The van der Waals surface area contributed by atoms with Gasteiger partial charge in [0.15, 0.2) is 6.29 Å². The number of fused-ring (bicyclic) bond motifs is 1. The molecule has 0 unspecified atom stereocenters. The van der Waals surface area contributed by atoms with Gasteiger partial charge in [0.2, 0.25) is 0 Å². The maximum atomic E-state index is 10.6. The van der Waals surface area contributed by atoms with Gasteiger partial charge in [-0.3, -0.25) is 4.79 Å². The largest absolute Gasteiger partial charge is 0.506 e. The van der Waals surface area contributed by atoms with Crippen LogP contribution in [0.3, 0.4) is 0 Å². The first-order chi connectivity index (χ1) is 6.24. The lowest BCUT2D eigenvalue weighted by Crippen LogP contribution is -1.82. The molecule has 2 rings (SSSR count). The van der Waals surface area contributed by atoms with E-state index in [1.807, 2.05) is 11.4 Å². The maximum Gasteiger partial charge on any atom is 0.151 e. The lowest BCUT2D eigenvalue weighted by Gasteiger charge is -2.00. The summed E-state index contributed by atoms with van der Waals surface area (Å²) >= 11 is 4.77. The van der Waals surface area contributed by atoms with Crippen molar-refractivity contribution in [1.82, 2.24) is 0 Å². The Labute approximate surface area is 86.9 Å². The van der Waals surface area contributed by atoms with Gasteiger partial charge in [-0.25, -0.2) is 0 Å². The molecule has 13 heavy (non-hydrogen) atoms. The number of rotatable bonds is 1. The van der Waals surface area contributed by atoms with Crippen LogP contribution in [0.5, 0.6) is 5.75 Å². The molecule has 0 bridgehead atoms. The summed E-state index contributed by atoms with van der Waals surface area (Å²) in [7, 11) is 0. The summed E-state index contributed by atoms with van der Waals surface area (Å²) < 4.78 is 1.55. The second kappa shape index (κ2) is 3.12. The predicted octanol–water partition coefficient (Wildman–Crippen LogP) is 3.18. The van der Waals surface area contributed by atoms with Gasteiger partial charge in [0.1, 0.15) is 5.75 Å². The van der Waals surface area contributed by atoms with E-state index in [4.69, 9.17) is 0 Å². The van der Waals surface area contributed by atoms with Crippen LogP contribution in [0, 0.1) is 0 Å². The van der Waals surface area contributed by atoms with E-state index in [1.165, 1.54) is 17.4 Å². The third-order valence-electron chi connectivity index (χ3n) is 1.81. The zero-order valence-electron chi connectivity index (χ0n) is 6.45. The molecule has 0 aliphatic rings. The quantitative estimate of drug-likeness (QED) is 0.796. The zero-order chi connectivity index (χ0) is 9.42. The highest BCUT2D eigenvalue weighted by Crippen LogP contribution is 2.36. The van der Waals surface area contributed by atoms with Gasteiger partial charge in [-0.1, -0.05) is 0 Å². The van der Waals surface area contributed by atoms with E-state index in [9.17, 15) is 9.90 Å². The van der Waals surface area contributed by atoms with Crippen LogP contribution in [0.4, 0.5) is 0 Å². The fourth-order valence-corrected chi connectivity index (χ4v) is 2.68. The van der Waals surface area contributed by atoms with Gasteiger partial charge < -0.3 is 5.11 Å². The molecule has 1 N–H and O–H groups in total. The molecule has 1 aromatic heterocycles. The number of hydrogen-bond acceptors (Lipinski definition) is 3. The minimum Gasteiger partial charge on any atom is -0.506 e. The monoisotopic (exact) mass is 256 g/mol. The van der Waals surface area contributed by atoms with Crippen LogP contribution in [0.15, 0.2) is 22.0 Å². The summed E-state index contributed by atoms with van der Waals surface area (Å²) in [6, 6.07) is 3.34. The Morgan fingerprint density at radius 1 is 1.54 bits per heavy atom. The molecule has 0 radical (unpaired) electrons. The van der Waals surface area contributed by atoms with E-state index < -0.39 is 0 Å². The fraction of sp³-hybridized carbons (Fsp3) is 0. The summed E-state index contributed by atoms with van der Waals surface area (Å²) in [5, 5.41) is 12.3. The first-order valence-corrected chi connectivity index (χ1v) is 5.25. The molecule has 4 heteroatoms. The third-order valence-corrected chi connectivity index (χ3v) is 3.63. The van der Waals surface area contributed by atoms with Crippen molar-refractivity contribution in [3.05, 3.63) is 27.5 Å². The lowest BCUT2D eigenvalue weighted by atomic mass is 10.2. The van der Waals surface area contributed by atoms with Crippen molar-refractivity contribution in [2.75, 3.05) is 0 Å². The number of aldehydes is 1. The minimum atomic E-state index is 0.162. The summed E-state index contributed by atoms with van der Waals surface area (Å²) in [6.07, 6.45) is 0.723. The molecular formula is C9H5BrO2S. The normalized spacial score (nSPS) is 10.5. The summed E-state index contributed by atoms with van der Waals surface area (Å²) in [6.45, 7) is 0. The Hall–Kier alpha value is -0.870. The number of carbonyl (C=O) groups is 1. The van der Waals surface area contributed by atoms with Crippen molar-refractivity contribution in [1.29, 1.82) is 0 Å². The number of thiophene rings is 1. The average Bonchev–Trinajstić information content (AvgIpc) is 2.60. The molecule has 0 aliphatic carbocycles. The summed E-state index contributed by atoms with van der Waals surface area (Å²) in [5.41, 5.74) is 0.475. The van der Waals surface area contributed by atoms with Crippen LogP contribution in [0.1, 0.15) is 10.4 Å². The van der Waals surface area contributed by atoms with E-state index in [1.54, 1.807) is 0 Å². The van der Waals surface area contributed by atoms with Crippen molar-refractivity contribution in [3.63, 3.8) is 0 Å². The zero-order valence-corrected chi connectivity index (χ0v) is 8.85. The van der Waals surface area contributed by atoms with Crippen LogP contribution in [-0.2, 0) is 0 Å². The molecule has 0 spiro atoms. The first kappa shape index (κ1) is 8.72. The molecule has 0 atom stereocenters. The Morgan fingerprint density at radius 3 is 3.00 bits per heavy atom. The van der Waals surface area contributed by atoms with Gasteiger partial charge in [0.25, 0.3) is 0 Å². The van der Waals surface area contributed by atoms with Crippen LogP contribution in [0.2, 0.25) is 0 Å². The fourth-order valence-electron chi connectivity index (χ4n) is 1.20. The van der Waals surface area contributed by atoms with Crippen molar-refractivity contribution in [2.24, 2.45) is 0 Å². The molecule has 0 fully saturated rings. The Kier molecular flexibility index (Phi) is 2.09. The third kappa shape index (κ3) is 1.26. The standard InChI is InChI=1S/C9H5BrO2S/c10-8-5(4-11)3-7(12)9-6(8)1-2-13-9/h1-4,12H. The SMILES string of the molecule is O=Cc1cc(O)c2sccc2c1Br. The number of aromatic hydroxyl groups is 1. The van der Waals surface area contributed by atoms with Gasteiger partial charge in [-0.15, -0.1) is 11.3 Å². The summed E-state index contributed by atoms with van der Waals surface area (Å²) in [4.78, 5) is 10.6. The van der Waals surface area contributed by atoms with E-state index in [0.29, 0.717) is 5.56 Å². The molecule has 0 amide bonds. The molecule has 0 saturated carbocycles. The molecule has 0 saturated heterocycles. The van der Waals surface area contributed by atoms with Crippen LogP contribution >= 0.6 is 27.3 Å². The van der Waals surface area contributed by atoms with E-state index in [-0.39, 0.29) is 5.75 Å². The molecule has 66 valence electrons. The number of phenols is 1. The highest BCUT2D eigenvalue weighted by Gasteiger charge is 2.09. The van der Waals surface area contributed by atoms with E-state index in [0.717, 1.165) is 20.8 Å². The van der Waals surface area contributed by atoms with E-state index >= 15 is 0 Å². The smallest absolute Gasteiger partial charge is 0.151 e. The van der Waals surface area contributed by atoms with Gasteiger partial charge >= 0.3 is 0 Å². The first-order valence-electron chi connectivity index (χ1n) is 3.58. The number of carbonyl (C=O) groups excluding carboxylic acids is 1. The lowest BCUT2D eigenvalue weighted by molar-refractivity contribution is 0.112. The van der Waals surface area contributed by atoms with Crippen molar-refractivity contribution < 1.29 is 9.90 Å².